The van der Waals surface area contributed by atoms with Gasteiger partial charge in [-0.3, -0.25) is 9.59 Å². The fourth-order valence-corrected chi connectivity index (χ4v) is 5.33. The Balaban J connectivity index is 1.35. The molecule has 0 aromatic heterocycles. The molecule has 1 aliphatic carbocycles. The monoisotopic (exact) mass is 491 g/mol. The molecule has 0 saturated heterocycles. The summed E-state index contributed by atoms with van der Waals surface area (Å²) in [5, 5.41) is 3.04. The third kappa shape index (κ3) is 5.15. The van der Waals surface area contributed by atoms with Gasteiger partial charge in [0.05, 0.1) is 17.0 Å². The van der Waals surface area contributed by atoms with Crippen LogP contribution in [-0.4, -0.2) is 39.9 Å². The van der Waals surface area contributed by atoms with Crippen molar-refractivity contribution in [2.45, 2.75) is 43.5 Å². The predicted molar refractivity (Wildman–Crippen MR) is 126 cm³/mol. The van der Waals surface area contributed by atoms with Crippen molar-refractivity contribution in [3.05, 3.63) is 47.0 Å². The highest BCUT2D eigenvalue weighted by Gasteiger charge is 2.39. The number of amides is 2. The van der Waals surface area contributed by atoms with E-state index in [1.807, 2.05) is 6.92 Å². The highest BCUT2D eigenvalue weighted by atomic mass is 35.5. The zero-order valence-corrected chi connectivity index (χ0v) is 20.0. The van der Waals surface area contributed by atoms with Crippen molar-refractivity contribution >= 4 is 44.8 Å². The van der Waals surface area contributed by atoms with Crippen molar-refractivity contribution in [2.75, 3.05) is 23.9 Å². The molecule has 8 nitrogen and oxygen atoms in total. The minimum atomic E-state index is -3.80. The van der Waals surface area contributed by atoms with Gasteiger partial charge in [-0.1, -0.05) is 11.6 Å². The Hall–Kier alpha value is -2.62. The fourth-order valence-electron chi connectivity index (χ4n) is 3.99. The Morgan fingerprint density at radius 1 is 1.18 bits per heavy atom. The Morgan fingerprint density at radius 3 is 2.61 bits per heavy atom. The van der Waals surface area contributed by atoms with Gasteiger partial charge in [0, 0.05) is 36.3 Å². The first-order chi connectivity index (χ1) is 15.7. The molecule has 1 unspecified atom stereocenters. The number of nitrogens with one attached hydrogen (secondary N) is 2. The topological polar surface area (TPSA) is 105 Å². The van der Waals surface area contributed by atoms with Crippen LogP contribution in [0.5, 0.6) is 5.75 Å². The van der Waals surface area contributed by atoms with Gasteiger partial charge in [-0.05, 0) is 68.1 Å². The van der Waals surface area contributed by atoms with Crippen molar-refractivity contribution in [3.8, 4) is 5.75 Å². The van der Waals surface area contributed by atoms with Gasteiger partial charge in [0.2, 0.25) is 21.8 Å². The Bertz CT molecular complexity index is 1200. The molecule has 2 N–H and O–H groups in total. The number of hydrogen-bond donors (Lipinski definition) is 2. The predicted octanol–water partition coefficient (Wildman–Crippen LogP) is 3.34. The van der Waals surface area contributed by atoms with Crippen LogP contribution in [0.15, 0.2) is 41.3 Å². The molecule has 1 aliphatic heterocycles. The van der Waals surface area contributed by atoms with Crippen molar-refractivity contribution in [1.82, 2.24) is 4.72 Å². The maximum atomic E-state index is 12.7. The van der Waals surface area contributed by atoms with Crippen LogP contribution in [0.1, 0.15) is 31.7 Å². The number of hydrogen-bond acceptors (Lipinski definition) is 5. The number of methoxy groups -OCH3 is 1. The second-order valence-electron chi connectivity index (χ2n) is 8.37. The summed E-state index contributed by atoms with van der Waals surface area (Å²) in [6.07, 6.45) is 2.41. The van der Waals surface area contributed by atoms with Crippen LogP contribution in [0.3, 0.4) is 0 Å². The van der Waals surface area contributed by atoms with Crippen LogP contribution in [0.4, 0.5) is 11.4 Å². The minimum absolute atomic E-state index is 0.00849. The number of halogens is 1. The molecule has 2 aromatic rings. The van der Waals surface area contributed by atoms with E-state index in [9.17, 15) is 18.0 Å². The molecule has 33 heavy (non-hydrogen) atoms. The molecule has 4 rings (SSSR count). The standard InChI is InChI=1S/C23H26ClN3O5S/c1-14-11-16-12-18(6-7-20(16)27(14)23(29)15-3-4-15)33(30,31)25-10-9-22(28)26-17-5-8-21(32-2)19(24)13-17/h5-8,12-15,25H,3-4,9-11H2,1-2H3,(H,26,28). The number of ether oxygens (including phenoxy) is 1. The second-order valence-corrected chi connectivity index (χ2v) is 10.5. The summed E-state index contributed by atoms with van der Waals surface area (Å²) in [4.78, 5) is 26.7. The largest absolute Gasteiger partial charge is 0.495 e. The first-order valence-electron chi connectivity index (χ1n) is 10.8. The van der Waals surface area contributed by atoms with Gasteiger partial charge in [0.1, 0.15) is 5.75 Å². The van der Waals surface area contributed by atoms with E-state index in [0.717, 1.165) is 24.1 Å². The molecule has 0 spiro atoms. The third-order valence-corrected chi connectivity index (χ3v) is 7.57. The van der Waals surface area contributed by atoms with Crippen molar-refractivity contribution in [2.24, 2.45) is 5.92 Å². The number of rotatable bonds is 8. The van der Waals surface area contributed by atoms with Crippen LogP contribution in [-0.2, 0) is 26.0 Å². The van der Waals surface area contributed by atoms with Gasteiger partial charge in [-0.25, -0.2) is 13.1 Å². The second kappa shape index (κ2) is 9.32. The number of carbonyl (C=O) groups is 2. The maximum Gasteiger partial charge on any atom is 0.240 e. The van der Waals surface area contributed by atoms with Crippen molar-refractivity contribution < 1.29 is 22.7 Å². The zero-order valence-electron chi connectivity index (χ0n) is 18.4. The quantitative estimate of drug-likeness (QED) is 0.589. The van der Waals surface area contributed by atoms with Gasteiger partial charge in [-0.15, -0.1) is 0 Å². The molecule has 1 saturated carbocycles. The van der Waals surface area contributed by atoms with E-state index in [2.05, 4.69) is 10.0 Å². The molecule has 0 bridgehead atoms. The number of fused-ring (bicyclic) bond motifs is 1. The van der Waals surface area contributed by atoms with Gasteiger partial charge < -0.3 is 15.0 Å². The van der Waals surface area contributed by atoms with E-state index in [1.165, 1.54) is 13.2 Å². The van der Waals surface area contributed by atoms with E-state index < -0.39 is 10.0 Å². The molecule has 176 valence electrons. The SMILES string of the molecule is COc1ccc(NC(=O)CCNS(=O)(=O)c2ccc3c(c2)CC(C)N3C(=O)C2CC2)cc1Cl. The summed E-state index contributed by atoms with van der Waals surface area (Å²) in [5.41, 5.74) is 2.12. The lowest BCUT2D eigenvalue weighted by Gasteiger charge is -2.22. The first kappa shape index (κ1) is 23.5. The van der Waals surface area contributed by atoms with E-state index in [1.54, 1.807) is 35.2 Å². The van der Waals surface area contributed by atoms with E-state index >= 15 is 0 Å². The summed E-state index contributed by atoms with van der Waals surface area (Å²) in [6, 6.07) is 9.68. The number of carbonyl (C=O) groups excluding carboxylic acids is 2. The van der Waals surface area contributed by atoms with E-state index in [4.69, 9.17) is 16.3 Å². The molecule has 1 fully saturated rings. The molecule has 1 heterocycles. The molecular formula is C23H26ClN3O5S. The third-order valence-electron chi connectivity index (χ3n) is 5.82. The highest BCUT2D eigenvalue weighted by molar-refractivity contribution is 7.89. The number of nitrogens with zero attached hydrogens (tertiary/aromatic N) is 1. The summed E-state index contributed by atoms with van der Waals surface area (Å²) in [7, 11) is -2.30. The van der Waals surface area contributed by atoms with Crippen molar-refractivity contribution in [3.63, 3.8) is 0 Å². The first-order valence-corrected chi connectivity index (χ1v) is 12.6. The normalized spacial score (nSPS) is 17.5. The molecule has 2 aliphatic rings. The lowest BCUT2D eigenvalue weighted by atomic mass is 10.1. The van der Waals surface area contributed by atoms with Crippen LogP contribution in [0, 0.1) is 5.92 Å². The molecule has 1 atom stereocenters. The summed E-state index contributed by atoms with van der Waals surface area (Å²) in [6.45, 7) is 1.92. The minimum Gasteiger partial charge on any atom is -0.495 e. The average molecular weight is 492 g/mol. The number of anilines is 2. The van der Waals surface area contributed by atoms with Gasteiger partial charge in [0.15, 0.2) is 0 Å². The Labute approximate surface area is 198 Å². The van der Waals surface area contributed by atoms with Gasteiger partial charge >= 0.3 is 0 Å². The summed E-state index contributed by atoms with van der Waals surface area (Å²) in [5.74, 6) is 0.366. The Kier molecular flexibility index (Phi) is 6.65. The molecule has 2 amide bonds. The average Bonchev–Trinajstić information content (AvgIpc) is 3.55. The molecular weight excluding hydrogens is 466 g/mol. The molecule has 0 radical (unpaired) electrons. The zero-order chi connectivity index (χ0) is 23.8. The van der Waals surface area contributed by atoms with E-state index in [-0.39, 0.29) is 41.6 Å². The van der Waals surface area contributed by atoms with Gasteiger partial charge in [0.25, 0.3) is 0 Å². The number of sulfonamides is 1. The van der Waals surface area contributed by atoms with Crippen LogP contribution >= 0.6 is 11.6 Å². The van der Waals surface area contributed by atoms with Crippen LogP contribution in [0.2, 0.25) is 5.02 Å². The molecule has 10 heteroatoms. The lowest BCUT2D eigenvalue weighted by molar-refractivity contribution is -0.120. The summed E-state index contributed by atoms with van der Waals surface area (Å²) < 4.78 is 33.0. The van der Waals surface area contributed by atoms with Crippen molar-refractivity contribution in [1.29, 1.82) is 0 Å². The maximum absolute atomic E-state index is 12.7. The van der Waals surface area contributed by atoms with Crippen LogP contribution in [0.25, 0.3) is 0 Å². The highest BCUT2D eigenvalue weighted by Crippen LogP contribution is 2.39. The van der Waals surface area contributed by atoms with Crippen LogP contribution < -0.4 is 19.7 Å². The fraction of sp³-hybridized carbons (Fsp3) is 0.391. The Morgan fingerprint density at radius 2 is 1.94 bits per heavy atom. The summed E-state index contributed by atoms with van der Waals surface area (Å²) >= 11 is 6.05. The lowest BCUT2D eigenvalue weighted by Crippen LogP contribution is -2.36. The number of benzene rings is 2. The van der Waals surface area contributed by atoms with E-state index in [0.29, 0.717) is 22.9 Å². The smallest absolute Gasteiger partial charge is 0.240 e. The van der Waals surface area contributed by atoms with Gasteiger partial charge in [-0.2, -0.15) is 0 Å². The molecule has 2 aromatic carbocycles.